The summed E-state index contributed by atoms with van der Waals surface area (Å²) in [4.78, 5) is 0. The molecular weight excluding hydrogens is 304 g/mol. The maximum absolute atomic E-state index is 6.43. The number of hydrogen-bond acceptors (Lipinski definition) is 2. The van der Waals surface area contributed by atoms with Gasteiger partial charge in [-0.1, -0.05) is 71.2 Å². The number of rotatable bonds is 8. The van der Waals surface area contributed by atoms with E-state index in [4.69, 9.17) is 11.5 Å². The van der Waals surface area contributed by atoms with E-state index in [2.05, 4.69) is 58.0 Å². The van der Waals surface area contributed by atoms with Crippen molar-refractivity contribution >= 4 is 11.4 Å². The molecule has 2 rings (SSSR count). The Labute approximate surface area is 153 Å². The smallest absolute Gasteiger partial charge is 0.0379 e. The Morgan fingerprint density at radius 1 is 0.720 bits per heavy atom. The molecule has 0 aliphatic carbocycles. The molecule has 1 atom stereocenters. The van der Waals surface area contributed by atoms with E-state index in [1.807, 2.05) is 0 Å². The molecule has 0 saturated carbocycles. The van der Waals surface area contributed by atoms with Gasteiger partial charge in [0.1, 0.15) is 0 Å². The molecule has 0 heterocycles. The zero-order valence-corrected chi connectivity index (χ0v) is 16.4. The van der Waals surface area contributed by atoms with Crippen LogP contribution < -0.4 is 11.5 Å². The molecule has 0 amide bonds. The van der Waals surface area contributed by atoms with Gasteiger partial charge < -0.3 is 11.5 Å². The first kappa shape index (κ1) is 19.4. The molecule has 1 unspecified atom stereocenters. The molecule has 0 saturated heterocycles. The highest BCUT2D eigenvalue weighted by molar-refractivity contribution is 5.58. The fourth-order valence-corrected chi connectivity index (χ4v) is 3.58. The molecule has 2 aromatic rings. The van der Waals surface area contributed by atoms with Crippen molar-refractivity contribution in [1.82, 2.24) is 0 Å². The minimum atomic E-state index is 0.350. The molecular formula is C23H34N2. The van der Waals surface area contributed by atoms with Gasteiger partial charge in [-0.05, 0) is 53.1 Å². The molecule has 25 heavy (non-hydrogen) atoms. The molecule has 2 aromatic carbocycles. The third kappa shape index (κ3) is 4.56. The lowest BCUT2D eigenvalue weighted by Gasteiger charge is -2.19. The minimum Gasteiger partial charge on any atom is -0.399 e. The second kappa shape index (κ2) is 8.94. The zero-order chi connectivity index (χ0) is 18.4. The highest BCUT2D eigenvalue weighted by Gasteiger charge is 2.15. The molecule has 4 N–H and O–H groups in total. The molecule has 0 aliphatic heterocycles. The van der Waals surface area contributed by atoms with Gasteiger partial charge >= 0.3 is 0 Å². The van der Waals surface area contributed by atoms with Gasteiger partial charge in [-0.15, -0.1) is 0 Å². The van der Waals surface area contributed by atoms with E-state index in [-0.39, 0.29) is 0 Å². The summed E-state index contributed by atoms with van der Waals surface area (Å²) in [6.07, 6.45) is 6.49. The quantitative estimate of drug-likeness (QED) is 0.592. The number of benzene rings is 2. The third-order valence-corrected chi connectivity index (χ3v) is 5.10. The van der Waals surface area contributed by atoms with Gasteiger partial charge in [0.15, 0.2) is 0 Å². The van der Waals surface area contributed by atoms with Crippen molar-refractivity contribution in [3.8, 4) is 0 Å². The average molecular weight is 339 g/mol. The molecule has 2 nitrogen and oxygen atoms in total. The summed E-state index contributed by atoms with van der Waals surface area (Å²) in [5.41, 5.74) is 21.1. The Morgan fingerprint density at radius 2 is 1.20 bits per heavy atom. The summed E-state index contributed by atoms with van der Waals surface area (Å²) in [6.45, 7) is 8.92. The van der Waals surface area contributed by atoms with Crippen molar-refractivity contribution in [2.24, 2.45) is 0 Å². The number of nitrogens with two attached hydrogens (primary N) is 2. The van der Waals surface area contributed by atoms with Crippen molar-refractivity contribution in [1.29, 1.82) is 0 Å². The van der Waals surface area contributed by atoms with Crippen LogP contribution in [0.25, 0.3) is 0 Å². The molecule has 0 aromatic heterocycles. The predicted octanol–water partition coefficient (Wildman–Crippen LogP) is 5.86. The summed E-state index contributed by atoms with van der Waals surface area (Å²) >= 11 is 0. The first-order valence-electron chi connectivity index (χ1n) is 9.81. The normalized spacial score (nSPS) is 12.3. The van der Waals surface area contributed by atoms with E-state index in [0.717, 1.165) is 49.9 Å². The van der Waals surface area contributed by atoms with Crippen LogP contribution in [0.1, 0.15) is 80.7 Å². The maximum atomic E-state index is 6.43. The molecule has 0 aliphatic rings. The SMILES string of the molecule is CCCc1cc(C(C)c2cc(CCC)c(N)c(CCC)c2)ccc1N. The lowest BCUT2D eigenvalue weighted by atomic mass is 9.87. The monoisotopic (exact) mass is 338 g/mol. The Morgan fingerprint density at radius 3 is 1.72 bits per heavy atom. The zero-order valence-electron chi connectivity index (χ0n) is 16.4. The van der Waals surface area contributed by atoms with E-state index in [9.17, 15) is 0 Å². The molecule has 0 radical (unpaired) electrons. The second-order valence-corrected chi connectivity index (χ2v) is 7.18. The number of anilines is 2. The second-order valence-electron chi connectivity index (χ2n) is 7.18. The van der Waals surface area contributed by atoms with Crippen molar-refractivity contribution in [2.45, 2.75) is 72.1 Å². The van der Waals surface area contributed by atoms with Crippen molar-refractivity contribution in [3.05, 3.63) is 58.1 Å². The number of hydrogen-bond donors (Lipinski definition) is 2. The largest absolute Gasteiger partial charge is 0.399 e. The fraction of sp³-hybridized carbons (Fsp3) is 0.478. The van der Waals surface area contributed by atoms with Crippen molar-refractivity contribution < 1.29 is 0 Å². The van der Waals surface area contributed by atoms with Crippen LogP contribution >= 0.6 is 0 Å². The predicted molar refractivity (Wildman–Crippen MR) is 111 cm³/mol. The summed E-state index contributed by atoms with van der Waals surface area (Å²) in [7, 11) is 0. The summed E-state index contributed by atoms with van der Waals surface area (Å²) < 4.78 is 0. The third-order valence-electron chi connectivity index (χ3n) is 5.10. The minimum absolute atomic E-state index is 0.350. The average Bonchev–Trinajstić information content (AvgIpc) is 2.60. The lowest BCUT2D eigenvalue weighted by molar-refractivity contribution is 0.864. The van der Waals surface area contributed by atoms with Gasteiger partial charge in [-0.3, -0.25) is 0 Å². The Bertz CT molecular complexity index is 676. The van der Waals surface area contributed by atoms with Crippen molar-refractivity contribution in [3.63, 3.8) is 0 Å². The Hall–Kier alpha value is -1.96. The highest BCUT2D eigenvalue weighted by atomic mass is 14.6. The van der Waals surface area contributed by atoms with E-state index in [1.165, 1.54) is 27.8 Å². The summed E-state index contributed by atoms with van der Waals surface area (Å²) in [5, 5.41) is 0. The van der Waals surface area contributed by atoms with E-state index in [0.29, 0.717) is 5.92 Å². The van der Waals surface area contributed by atoms with Crippen LogP contribution in [-0.4, -0.2) is 0 Å². The van der Waals surface area contributed by atoms with Crippen molar-refractivity contribution in [2.75, 3.05) is 11.5 Å². The van der Waals surface area contributed by atoms with Gasteiger partial charge in [0.2, 0.25) is 0 Å². The fourth-order valence-electron chi connectivity index (χ4n) is 3.58. The highest BCUT2D eigenvalue weighted by Crippen LogP contribution is 2.32. The first-order chi connectivity index (χ1) is 12.0. The molecule has 0 spiro atoms. The topological polar surface area (TPSA) is 52.0 Å². The molecule has 0 bridgehead atoms. The van der Waals surface area contributed by atoms with Crippen LogP contribution in [0.2, 0.25) is 0 Å². The summed E-state index contributed by atoms with van der Waals surface area (Å²) in [5.74, 6) is 0.350. The molecule has 136 valence electrons. The number of aryl methyl sites for hydroxylation is 3. The van der Waals surface area contributed by atoms with E-state index in [1.54, 1.807) is 0 Å². The molecule has 0 fully saturated rings. The van der Waals surface area contributed by atoms with Crippen LogP contribution in [0.3, 0.4) is 0 Å². The van der Waals surface area contributed by atoms with Crippen LogP contribution in [0.15, 0.2) is 30.3 Å². The van der Waals surface area contributed by atoms with E-state index >= 15 is 0 Å². The van der Waals surface area contributed by atoms with Crippen LogP contribution in [0, 0.1) is 0 Å². The Kier molecular flexibility index (Phi) is 6.92. The van der Waals surface area contributed by atoms with Crippen LogP contribution in [-0.2, 0) is 19.3 Å². The van der Waals surface area contributed by atoms with Gasteiger partial charge in [-0.2, -0.15) is 0 Å². The first-order valence-corrected chi connectivity index (χ1v) is 9.81. The standard InChI is InChI=1S/C23H34N2/c1-5-8-18-13-17(11-12-22(18)24)16(4)21-14-19(9-6-2)23(25)20(15-21)10-7-3/h11-16H,5-10,24-25H2,1-4H3. The van der Waals surface area contributed by atoms with E-state index < -0.39 is 0 Å². The molecule has 2 heteroatoms. The summed E-state index contributed by atoms with van der Waals surface area (Å²) in [6, 6.07) is 11.2. The van der Waals surface area contributed by atoms with Gasteiger partial charge in [0, 0.05) is 17.3 Å². The maximum Gasteiger partial charge on any atom is 0.0379 e. The van der Waals surface area contributed by atoms with Crippen LogP contribution in [0.5, 0.6) is 0 Å². The lowest BCUT2D eigenvalue weighted by Crippen LogP contribution is -2.06. The van der Waals surface area contributed by atoms with Gasteiger partial charge in [-0.25, -0.2) is 0 Å². The van der Waals surface area contributed by atoms with Gasteiger partial charge in [0.25, 0.3) is 0 Å². The Balaban J connectivity index is 2.44. The number of nitrogen functional groups attached to an aromatic ring is 2. The van der Waals surface area contributed by atoms with Crippen LogP contribution in [0.4, 0.5) is 11.4 Å². The van der Waals surface area contributed by atoms with Gasteiger partial charge in [0.05, 0.1) is 0 Å².